The number of aromatic nitrogens is 4. The SMILES string of the molecule is Nc1ncnc2c1ncn2C1OC(C=CCNC(=O)c2cc(Cl)cc(O)c2O)C(O)C1O. The predicted molar refractivity (Wildman–Crippen MR) is 112 cm³/mol. The third-order valence-electron chi connectivity index (χ3n) is 4.94. The van der Waals surface area contributed by atoms with Gasteiger partial charge < -0.3 is 36.2 Å². The molecule has 1 fully saturated rings. The summed E-state index contributed by atoms with van der Waals surface area (Å²) >= 11 is 5.79. The average Bonchev–Trinajstić information content (AvgIpc) is 3.30. The molecule has 4 unspecified atom stereocenters. The van der Waals surface area contributed by atoms with Gasteiger partial charge in [0, 0.05) is 17.6 Å². The number of aromatic hydroxyl groups is 2. The summed E-state index contributed by atoms with van der Waals surface area (Å²) in [5, 5.41) is 42.8. The van der Waals surface area contributed by atoms with Crippen molar-refractivity contribution in [1.29, 1.82) is 0 Å². The van der Waals surface area contributed by atoms with Crippen LogP contribution in [-0.4, -0.2) is 70.7 Å². The lowest BCUT2D eigenvalue weighted by Crippen LogP contribution is -2.31. The summed E-state index contributed by atoms with van der Waals surface area (Å²) in [5.74, 6) is -1.60. The Morgan fingerprint density at radius 3 is 2.81 bits per heavy atom. The van der Waals surface area contributed by atoms with Crippen LogP contribution in [-0.2, 0) is 4.74 Å². The van der Waals surface area contributed by atoms with E-state index in [0.717, 1.165) is 6.07 Å². The maximum Gasteiger partial charge on any atom is 0.255 e. The van der Waals surface area contributed by atoms with Crippen LogP contribution >= 0.6 is 11.6 Å². The number of hydrogen-bond acceptors (Lipinski definition) is 10. The maximum absolute atomic E-state index is 12.2. The van der Waals surface area contributed by atoms with Crippen molar-refractivity contribution in [3.63, 3.8) is 0 Å². The molecule has 7 N–H and O–H groups in total. The number of rotatable bonds is 5. The van der Waals surface area contributed by atoms with Gasteiger partial charge in [-0.3, -0.25) is 9.36 Å². The molecule has 1 aromatic carbocycles. The number of phenols is 2. The highest BCUT2D eigenvalue weighted by Crippen LogP contribution is 2.33. The van der Waals surface area contributed by atoms with Gasteiger partial charge in [0.1, 0.15) is 30.2 Å². The Bertz CT molecular complexity index is 1200. The van der Waals surface area contributed by atoms with Gasteiger partial charge >= 0.3 is 0 Å². The van der Waals surface area contributed by atoms with E-state index in [9.17, 15) is 25.2 Å². The first kappa shape index (κ1) is 21.8. The van der Waals surface area contributed by atoms with Crippen molar-refractivity contribution in [2.24, 2.45) is 0 Å². The predicted octanol–water partition coefficient (Wildman–Crippen LogP) is 0.0785. The molecule has 1 amide bonds. The summed E-state index contributed by atoms with van der Waals surface area (Å²) in [5.41, 5.74) is 6.26. The number of anilines is 1. The molecule has 4 rings (SSSR count). The highest BCUT2D eigenvalue weighted by Gasteiger charge is 2.43. The zero-order chi connectivity index (χ0) is 23.0. The van der Waals surface area contributed by atoms with Gasteiger partial charge in [0.05, 0.1) is 11.9 Å². The number of nitrogens with two attached hydrogens (primary N) is 1. The Hall–Kier alpha value is -3.45. The number of hydrogen-bond donors (Lipinski definition) is 6. The zero-order valence-electron chi connectivity index (χ0n) is 16.3. The van der Waals surface area contributed by atoms with Gasteiger partial charge in [0.25, 0.3) is 5.91 Å². The minimum Gasteiger partial charge on any atom is -0.504 e. The number of benzene rings is 1. The Morgan fingerprint density at radius 2 is 2.03 bits per heavy atom. The molecule has 3 aromatic rings. The van der Waals surface area contributed by atoms with Gasteiger partial charge in [-0.1, -0.05) is 23.8 Å². The second kappa shape index (κ2) is 8.59. The number of fused-ring (bicyclic) bond motifs is 1. The number of carbonyl (C=O) groups is 1. The summed E-state index contributed by atoms with van der Waals surface area (Å²) in [6.07, 6.45) is 1.24. The number of carbonyl (C=O) groups excluding carboxylic acids is 1. The molecule has 1 aliphatic heterocycles. The van der Waals surface area contributed by atoms with Gasteiger partial charge in [-0.25, -0.2) is 15.0 Å². The summed E-state index contributed by atoms with van der Waals surface area (Å²) in [4.78, 5) is 24.3. The molecule has 168 valence electrons. The first-order chi connectivity index (χ1) is 15.3. The molecule has 0 aliphatic carbocycles. The Balaban J connectivity index is 1.42. The van der Waals surface area contributed by atoms with E-state index in [1.54, 1.807) is 0 Å². The molecule has 1 saturated heterocycles. The van der Waals surface area contributed by atoms with Crippen LogP contribution in [0.5, 0.6) is 11.5 Å². The van der Waals surface area contributed by atoms with E-state index >= 15 is 0 Å². The highest BCUT2D eigenvalue weighted by molar-refractivity contribution is 6.31. The van der Waals surface area contributed by atoms with Crippen molar-refractivity contribution in [3.8, 4) is 11.5 Å². The fourth-order valence-electron chi connectivity index (χ4n) is 3.34. The molecule has 12 nitrogen and oxygen atoms in total. The molecule has 4 atom stereocenters. The quantitative estimate of drug-likeness (QED) is 0.223. The second-order valence-electron chi connectivity index (χ2n) is 7.01. The van der Waals surface area contributed by atoms with Crippen LogP contribution in [0.1, 0.15) is 16.6 Å². The van der Waals surface area contributed by atoms with Crippen molar-refractivity contribution in [3.05, 3.63) is 47.5 Å². The van der Waals surface area contributed by atoms with Crippen LogP contribution in [0.15, 0.2) is 36.9 Å². The van der Waals surface area contributed by atoms with E-state index < -0.39 is 41.9 Å². The number of imidazole rings is 1. The number of phenolic OH excluding ortho intramolecular Hbond substituents is 2. The number of aliphatic hydroxyl groups excluding tert-OH is 2. The largest absolute Gasteiger partial charge is 0.504 e. The lowest BCUT2D eigenvalue weighted by atomic mass is 10.1. The summed E-state index contributed by atoms with van der Waals surface area (Å²) < 4.78 is 7.20. The second-order valence-corrected chi connectivity index (χ2v) is 7.45. The number of halogens is 1. The van der Waals surface area contributed by atoms with Gasteiger partial charge in [0.2, 0.25) is 0 Å². The van der Waals surface area contributed by atoms with Crippen molar-refractivity contribution in [2.45, 2.75) is 24.5 Å². The summed E-state index contributed by atoms with van der Waals surface area (Å²) in [7, 11) is 0. The number of nitrogens with zero attached hydrogens (tertiary/aromatic N) is 4. The highest BCUT2D eigenvalue weighted by atomic mass is 35.5. The van der Waals surface area contributed by atoms with E-state index in [-0.39, 0.29) is 22.9 Å². The van der Waals surface area contributed by atoms with Crippen LogP contribution in [0.25, 0.3) is 11.2 Å². The molecule has 0 radical (unpaired) electrons. The lowest BCUT2D eigenvalue weighted by molar-refractivity contribution is -0.0245. The van der Waals surface area contributed by atoms with Gasteiger partial charge in [0.15, 0.2) is 29.2 Å². The number of nitrogen functional groups attached to an aromatic ring is 1. The Labute approximate surface area is 185 Å². The van der Waals surface area contributed by atoms with E-state index in [0.29, 0.717) is 11.2 Å². The van der Waals surface area contributed by atoms with Crippen molar-refractivity contribution in [2.75, 3.05) is 12.3 Å². The first-order valence-corrected chi connectivity index (χ1v) is 9.76. The minimum absolute atomic E-state index is 0.0106. The van der Waals surface area contributed by atoms with Crippen LogP contribution < -0.4 is 11.1 Å². The number of nitrogens with one attached hydrogen (secondary N) is 1. The van der Waals surface area contributed by atoms with Gasteiger partial charge in [-0.2, -0.15) is 0 Å². The molecule has 0 saturated carbocycles. The average molecular weight is 463 g/mol. The molecule has 0 bridgehead atoms. The van der Waals surface area contributed by atoms with Gasteiger partial charge in [-0.15, -0.1) is 0 Å². The van der Waals surface area contributed by atoms with E-state index in [4.69, 9.17) is 22.1 Å². The monoisotopic (exact) mass is 462 g/mol. The molecule has 0 spiro atoms. The zero-order valence-corrected chi connectivity index (χ0v) is 17.1. The van der Waals surface area contributed by atoms with Crippen LogP contribution in [0.2, 0.25) is 5.02 Å². The molecule has 32 heavy (non-hydrogen) atoms. The Kier molecular flexibility index (Phi) is 5.84. The summed E-state index contributed by atoms with van der Waals surface area (Å²) in [6.45, 7) is 0.0106. The third-order valence-corrected chi connectivity index (χ3v) is 5.16. The fraction of sp³-hybridized carbons (Fsp3) is 0.263. The normalized spacial score (nSPS) is 23.2. The maximum atomic E-state index is 12.2. The molecule has 3 heterocycles. The smallest absolute Gasteiger partial charge is 0.255 e. The van der Waals surface area contributed by atoms with E-state index in [1.807, 2.05) is 0 Å². The third kappa shape index (κ3) is 3.91. The summed E-state index contributed by atoms with van der Waals surface area (Å²) in [6, 6.07) is 2.32. The number of ether oxygens (including phenoxy) is 1. The molecule has 13 heteroatoms. The lowest BCUT2D eigenvalue weighted by Gasteiger charge is -2.16. The van der Waals surface area contributed by atoms with Crippen molar-refractivity contribution < 1.29 is 30.0 Å². The first-order valence-electron chi connectivity index (χ1n) is 9.39. The van der Waals surface area contributed by atoms with E-state index in [1.165, 1.54) is 35.4 Å². The van der Waals surface area contributed by atoms with Crippen molar-refractivity contribution >= 4 is 34.5 Å². The topological polar surface area (TPSA) is 189 Å². The number of aliphatic hydroxyl groups is 2. The molecular formula is C19H19ClN6O6. The number of amides is 1. The Morgan fingerprint density at radius 1 is 1.25 bits per heavy atom. The van der Waals surface area contributed by atoms with E-state index in [2.05, 4.69) is 20.3 Å². The van der Waals surface area contributed by atoms with Crippen LogP contribution in [0, 0.1) is 0 Å². The fourth-order valence-corrected chi connectivity index (χ4v) is 3.55. The van der Waals surface area contributed by atoms with Crippen molar-refractivity contribution in [1.82, 2.24) is 24.8 Å². The molecule has 2 aromatic heterocycles. The van der Waals surface area contributed by atoms with Crippen LogP contribution in [0.4, 0.5) is 5.82 Å². The molecule has 1 aliphatic rings. The van der Waals surface area contributed by atoms with Crippen LogP contribution in [0.3, 0.4) is 0 Å². The standard InChI is InChI=1S/C19H19ClN6O6/c20-8-4-9(13(28)10(27)5-8)18(31)22-3-1-2-11-14(29)15(30)19(32-11)26-7-25-12-16(21)23-6-24-17(12)26/h1-2,4-7,11,14-15,19,27-30H,3H2,(H,22,31)(H2,21,23,24). The van der Waals surface area contributed by atoms with Gasteiger partial charge in [-0.05, 0) is 6.07 Å². The molecular weight excluding hydrogens is 444 g/mol. The minimum atomic E-state index is -1.28.